The molecule has 1 aromatic heterocycles. The second kappa shape index (κ2) is 5.88. The zero-order chi connectivity index (χ0) is 13.1. The molecule has 1 N–H and O–H groups in total. The Bertz CT molecular complexity index is 405. The Labute approximate surface area is 113 Å². The molecule has 0 aromatic carbocycles. The van der Waals surface area contributed by atoms with Gasteiger partial charge in [-0.3, -0.25) is 4.90 Å². The van der Waals surface area contributed by atoms with E-state index in [0.717, 1.165) is 38.5 Å². The highest BCUT2D eigenvalue weighted by molar-refractivity contribution is 5.23. The van der Waals surface area contributed by atoms with E-state index in [0.29, 0.717) is 18.0 Å². The van der Waals surface area contributed by atoms with E-state index >= 15 is 0 Å². The van der Waals surface area contributed by atoms with Crippen molar-refractivity contribution in [1.82, 2.24) is 15.0 Å². The van der Waals surface area contributed by atoms with Gasteiger partial charge in [0.1, 0.15) is 0 Å². The van der Waals surface area contributed by atoms with Crippen LogP contribution in [0.25, 0.3) is 0 Å². The molecule has 2 fully saturated rings. The number of ether oxygens (including phenoxy) is 1. The first kappa shape index (κ1) is 12.9. The number of rotatable bonds is 6. The van der Waals surface area contributed by atoms with Crippen molar-refractivity contribution in [2.75, 3.05) is 38.7 Å². The number of anilines is 1. The Kier molecular flexibility index (Phi) is 3.98. The summed E-state index contributed by atoms with van der Waals surface area (Å²) in [7, 11) is 1.75. The van der Waals surface area contributed by atoms with Gasteiger partial charge in [-0.2, -0.15) is 4.98 Å². The van der Waals surface area contributed by atoms with Crippen molar-refractivity contribution in [1.29, 1.82) is 0 Å². The van der Waals surface area contributed by atoms with E-state index in [1.807, 2.05) is 0 Å². The lowest BCUT2D eigenvalue weighted by Crippen LogP contribution is -2.43. The standard InChI is InChI=1S/C13H22N4O2/c1-18-8-7-17-6-2-3-11(9-17)14-13-15-12(16-19-13)10-4-5-10/h10-11H,2-9H2,1H3,(H,14,15,16)/t11-/m0/s1. The summed E-state index contributed by atoms with van der Waals surface area (Å²) in [4.78, 5) is 6.84. The maximum Gasteiger partial charge on any atom is 0.321 e. The Hall–Kier alpha value is -1.14. The fourth-order valence-corrected chi connectivity index (χ4v) is 2.57. The fourth-order valence-electron chi connectivity index (χ4n) is 2.57. The summed E-state index contributed by atoms with van der Waals surface area (Å²) in [5.41, 5.74) is 0. The zero-order valence-electron chi connectivity index (χ0n) is 11.5. The first-order valence-electron chi connectivity index (χ1n) is 7.16. The van der Waals surface area contributed by atoms with Crippen molar-refractivity contribution in [3.05, 3.63) is 5.82 Å². The third-order valence-electron chi connectivity index (χ3n) is 3.83. The predicted molar refractivity (Wildman–Crippen MR) is 71.2 cm³/mol. The summed E-state index contributed by atoms with van der Waals surface area (Å²) in [5.74, 6) is 1.42. The molecular formula is C13H22N4O2. The van der Waals surface area contributed by atoms with Gasteiger partial charge in [0.25, 0.3) is 0 Å². The van der Waals surface area contributed by atoms with Gasteiger partial charge >= 0.3 is 6.01 Å². The van der Waals surface area contributed by atoms with E-state index in [2.05, 4.69) is 20.4 Å². The van der Waals surface area contributed by atoms with Gasteiger partial charge in [0, 0.05) is 32.2 Å². The third-order valence-corrected chi connectivity index (χ3v) is 3.83. The minimum Gasteiger partial charge on any atom is -0.383 e. The second-order valence-electron chi connectivity index (χ2n) is 5.51. The molecule has 19 heavy (non-hydrogen) atoms. The number of likely N-dealkylation sites (tertiary alicyclic amines) is 1. The minimum atomic E-state index is 0.401. The average molecular weight is 266 g/mol. The Morgan fingerprint density at radius 1 is 1.42 bits per heavy atom. The number of hydrogen-bond acceptors (Lipinski definition) is 6. The van der Waals surface area contributed by atoms with Gasteiger partial charge < -0.3 is 14.6 Å². The summed E-state index contributed by atoms with van der Waals surface area (Å²) in [6.45, 7) is 3.95. The van der Waals surface area contributed by atoms with Crippen LogP contribution in [0.4, 0.5) is 6.01 Å². The van der Waals surface area contributed by atoms with E-state index in [9.17, 15) is 0 Å². The molecule has 0 radical (unpaired) electrons. The molecule has 1 aliphatic heterocycles. The topological polar surface area (TPSA) is 63.4 Å². The van der Waals surface area contributed by atoms with E-state index < -0.39 is 0 Å². The molecule has 1 saturated heterocycles. The molecule has 0 amide bonds. The summed E-state index contributed by atoms with van der Waals surface area (Å²) >= 11 is 0. The molecule has 1 atom stereocenters. The van der Waals surface area contributed by atoms with E-state index in [4.69, 9.17) is 9.26 Å². The highest BCUT2D eigenvalue weighted by Crippen LogP contribution is 2.38. The van der Waals surface area contributed by atoms with Crippen LogP contribution >= 0.6 is 0 Å². The molecule has 6 nitrogen and oxygen atoms in total. The minimum absolute atomic E-state index is 0.401. The molecule has 0 spiro atoms. The third kappa shape index (κ3) is 3.45. The van der Waals surface area contributed by atoms with Crippen molar-refractivity contribution in [2.24, 2.45) is 0 Å². The maximum atomic E-state index is 5.27. The summed E-state index contributed by atoms with van der Waals surface area (Å²) < 4.78 is 10.4. The monoisotopic (exact) mass is 266 g/mol. The molecule has 1 aromatic rings. The lowest BCUT2D eigenvalue weighted by molar-refractivity contribution is 0.131. The zero-order valence-corrected chi connectivity index (χ0v) is 11.5. The van der Waals surface area contributed by atoms with Crippen LogP contribution in [0.2, 0.25) is 0 Å². The van der Waals surface area contributed by atoms with Gasteiger partial charge in [-0.1, -0.05) is 5.16 Å². The van der Waals surface area contributed by atoms with Crippen LogP contribution in [-0.2, 0) is 4.74 Å². The summed E-state index contributed by atoms with van der Waals surface area (Å²) in [5, 5.41) is 7.40. The predicted octanol–water partition coefficient (Wildman–Crippen LogP) is 1.47. The largest absolute Gasteiger partial charge is 0.383 e. The van der Waals surface area contributed by atoms with Gasteiger partial charge in [-0.15, -0.1) is 0 Å². The van der Waals surface area contributed by atoms with Crippen LogP contribution in [0.15, 0.2) is 4.52 Å². The highest BCUT2D eigenvalue weighted by atomic mass is 16.5. The van der Waals surface area contributed by atoms with Crippen LogP contribution in [0.5, 0.6) is 0 Å². The normalized spacial score (nSPS) is 24.6. The Morgan fingerprint density at radius 2 is 2.32 bits per heavy atom. The van der Waals surface area contributed by atoms with E-state index in [1.54, 1.807) is 7.11 Å². The van der Waals surface area contributed by atoms with E-state index in [-0.39, 0.29) is 0 Å². The number of hydrogen-bond donors (Lipinski definition) is 1. The molecule has 1 aliphatic carbocycles. The van der Waals surface area contributed by atoms with Crippen LogP contribution in [0.1, 0.15) is 37.4 Å². The lowest BCUT2D eigenvalue weighted by atomic mass is 10.1. The molecule has 6 heteroatoms. The van der Waals surface area contributed by atoms with Crippen LogP contribution in [0, 0.1) is 0 Å². The molecular weight excluding hydrogens is 244 g/mol. The van der Waals surface area contributed by atoms with Crippen molar-refractivity contribution in [3.8, 4) is 0 Å². The van der Waals surface area contributed by atoms with Gasteiger partial charge in [-0.05, 0) is 32.2 Å². The summed E-state index contributed by atoms with van der Waals surface area (Å²) in [6, 6.07) is 0.985. The first-order valence-corrected chi connectivity index (χ1v) is 7.16. The lowest BCUT2D eigenvalue weighted by Gasteiger charge is -2.32. The average Bonchev–Trinajstić information content (AvgIpc) is 3.18. The summed E-state index contributed by atoms with van der Waals surface area (Å²) in [6.07, 6.45) is 4.76. The molecule has 2 aliphatic rings. The van der Waals surface area contributed by atoms with Crippen molar-refractivity contribution < 1.29 is 9.26 Å². The van der Waals surface area contributed by atoms with Crippen molar-refractivity contribution in [3.63, 3.8) is 0 Å². The quantitative estimate of drug-likeness (QED) is 0.841. The number of piperidine rings is 1. The molecule has 106 valence electrons. The molecule has 1 saturated carbocycles. The molecule has 0 bridgehead atoms. The highest BCUT2D eigenvalue weighted by Gasteiger charge is 2.29. The SMILES string of the molecule is COCCN1CCC[C@H](Nc2nc(C3CC3)no2)C1. The molecule has 2 heterocycles. The fraction of sp³-hybridized carbons (Fsp3) is 0.846. The second-order valence-corrected chi connectivity index (χ2v) is 5.51. The number of methoxy groups -OCH3 is 1. The molecule has 3 rings (SSSR count). The molecule has 0 unspecified atom stereocenters. The number of aromatic nitrogens is 2. The smallest absolute Gasteiger partial charge is 0.321 e. The van der Waals surface area contributed by atoms with Gasteiger partial charge in [0.2, 0.25) is 0 Å². The van der Waals surface area contributed by atoms with E-state index in [1.165, 1.54) is 19.3 Å². The van der Waals surface area contributed by atoms with Crippen LogP contribution < -0.4 is 5.32 Å². The Balaban J connectivity index is 1.50. The number of nitrogens with zero attached hydrogens (tertiary/aromatic N) is 3. The van der Waals surface area contributed by atoms with Gasteiger partial charge in [0.05, 0.1) is 6.61 Å². The maximum absolute atomic E-state index is 5.27. The van der Waals surface area contributed by atoms with Crippen molar-refractivity contribution in [2.45, 2.75) is 37.6 Å². The van der Waals surface area contributed by atoms with Gasteiger partial charge in [-0.25, -0.2) is 0 Å². The van der Waals surface area contributed by atoms with Crippen LogP contribution in [0.3, 0.4) is 0 Å². The van der Waals surface area contributed by atoms with Crippen molar-refractivity contribution >= 4 is 6.01 Å². The van der Waals surface area contributed by atoms with Gasteiger partial charge in [0.15, 0.2) is 5.82 Å². The van der Waals surface area contributed by atoms with Crippen LogP contribution in [-0.4, -0.2) is 54.4 Å². The Morgan fingerprint density at radius 3 is 3.11 bits per heavy atom. The first-order chi connectivity index (χ1) is 9.35. The number of nitrogens with one attached hydrogen (secondary N) is 1.